The lowest BCUT2D eigenvalue weighted by atomic mass is 10.3. The molecule has 0 radical (unpaired) electrons. The van der Waals surface area contributed by atoms with Crippen molar-refractivity contribution in [2.75, 3.05) is 5.73 Å². The van der Waals surface area contributed by atoms with Crippen LogP contribution in [-0.4, -0.2) is 20.4 Å². The number of nitrogens with zero attached hydrogens (tertiary/aromatic N) is 3. The summed E-state index contributed by atoms with van der Waals surface area (Å²) < 4.78 is 1.28. The first-order chi connectivity index (χ1) is 9.97. The van der Waals surface area contributed by atoms with Gasteiger partial charge in [0.05, 0.1) is 16.0 Å². The quantitative estimate of drug-likeness (QED) is 0.443. The summed E-state index contributed by atoms with van der Waals surface area (Å²) >= 11 is 6.63. The van der Waals surface area contributed by atoms with E-state index in [1.165, 1.54) is 17.0 Å². The Bertz CT molecular complexity index is 886. The van der Waals surface area contributed by atoms with Crippen LogP contribution < -0.4 is 5.73 Å². The van der Waals surface area contributed by atoms with Crippen LogP contribution in [0.2, 0.25) is 4.34 Å². The van der Waals surface area contributed by atoms with Crippen molar-refractivity contribution in [1.82, 2.24) is 9.55 Å². The van der Waals surface area contributed by atoms with Gasteiger partial charge in [-0.25, -0.2) is 4.98 Å². The number of rotatable bonds is 2. The summed E-state index contributed by atoms with van der Waals surface area (Å²) in [6.07, 6.45) is 1.35. The topological polar surface area (TPSA) is 104 Å². The van der Waals surface area contributed by atoms with Crippen molar-refractivity contribution in [2.24, 2.45) is 0 Å². The second kappa shape index (κ2) is 4.83. The number of anilines is 1. The van der Waals surface area contributed by atoms with E-state index in [-0.39, 0.29) is 14.9 Å². The SMILES string of the molecule is Nc1ccc2c(c1)ncn2C(=O)c1cc([N+](=O)[O-])c(Cl)s1. The molecule has 0 spiro atoms. The number of benzene rings is 1. The zero-order valence-electron chi connectivity index (χ0n) is 10.3. The molecule has 21 heavy (non-hydrogen) atoms. The number of aromatic nitrogens is 2. The molecule has 2 heterocycles. The van der Waals surface area contributed by atoms with E-state index < -0.39 is 10.8 Å². The first-order valence-corrected chi connectivity index (χ1v) is 6.88. The lowest BCUT2D eigenvalue weighted by Gasteiger charge is -2.00. The summed E-state index contributed by atoms with van der Waals surface area (Å²) in [6, 6.07) is 6.12. The minimum Gasteiger partial charge on any atom is -0.399 e. The first-order valence-electron chi connectivity index (χ1n) is 5.68. The number of nitro groups is 1. The fourth-order valence-corrected chi connectivity index (χ4v) is 3.06. The van der Waals surface area contributed by atoms with Crippen molar-refractivity contribution in [2.45, 2.75) is 0 Å². The number of nitrogen functional groups attached to an aromatic ring is 1. The maximum atomic E-state index is 12.4. The molecule has 0 saturated carbocycles. The summed E-state index contributed by atoms with van der Waals surface area (Å²) in [4.78, 5) is 26.8. The molecule has 0 unspecified atom stereocenters. The number of hydrogen-bond donors (Lipinski definition) is 1. The van der Waals surface area contributed by atoms with Gasteiger partial charge in [0.25, 0.3) is 11.6 Å². The van der Waals surface area contributed by atoms with Crippen LogP contribution in [0.5, 0.6) is 0 Å². The third-order valence-electron chi connectivity index (χ3n) is 2.87. The van der Waals surface area contributed by atoms with E-state index in [1.807, 2.05) is 0 Å². The highest BCUT2D eigenvalue weighted by Crippen LogP contribution is 2.34. The highest BCUT2D eigenvalue weighted by atomic mass is 35.5. The molecule has 0 bridgehead atoms. The minimum atomic E-state index is -0.623. The van der Waals surface area contributed by atoms with E-state index in [0.717, 1.165) is 11.3 Å². The van der Waals surface area contributed by atoms with Crippen LogP contribution in [0.1, 0.15) is 9.67 Å². The monoisotopic (exact) mass is 322 g/mol. The number of carbonyl (C=O) groups excluding carboxylic acids is 1. The summed E-state index contributed by atoms with van der Waals surface area (Å²) in [5, 5.41) is 10.8. The number of hydrogen-bond acceptors (Lipinski definition) is 6. The van der Waals surface area contributed by atoms with E-state index in [9.17, 15) is 14.9 Å². The third kappa shape index (κ3) is 2.24. The Morgan fingerprint density at radius 3 is 2.86 bits per heavy atom. The lowest BCUT2D eigenvalue weighted by Crippen LogP contribution is -2.08. The smallest absolute Gasteiger partial charge is 0.299 e. The molecular weight excluding hydrogens is 316 g/mol. The molecule has 106 valence electrons. The summed E-state index contributed by atoms with van der Waals surface area (Å²) in [6.45, 7) is 0. The molecule has 2 aromatic heterocycles. The molecule has 1 aromatic carbocycles. The molecule has 0 aliphatic carbocycles. The Balaban J connectivity index is 2.08. The zero-order chi connectivity index (χ0) is 15.1. The Morgan fingerprint density at radius 2 is 2.19 bits per heavy atom. The van der Waals surface area contributed by atoms with Crippen LogP contribution in [0.3, 0.4) is 0 Å². The largest absolute Gasteiger partial charge is 0.399 e. The van der Waals surface area contributed by atoms with Crippen LogP contribution in [-0.2, 0) is 0 Å². The molecule has 3 rings (SSSR count). The molecule has 7 nitrogen and oxygen atoms in total. The van der Waals surface area contributed by atoms with E-state index in [0.29, 0.717) is 16.7 Å². The van der Waals surface area contributed by atoms with Crippen molar-refractivity contribution in [3.63, 3.8) is 0 Å². The Morgan fingerprint density at radius 1 is 1.43 bits per heavy atom. The molecule has 0 aliphatic heterocycles. The van der Waals surface area contributed by atoms with Crippen molar-refractivity contribution >= 4 is 51.3 Å². The number of fused-ring (bicyclic) bond motifs is 1. The maximum Gasteiger partial charge on any atom is 0.299 e. The minimum absolute atomic E-state index is 0.0305. The van der Waals surface area contributed by atoms with Gasteiger partial charge in [-0.05, 0) is 18.2 Å². The number of carbonyl (C=O) groups is 1. The number of thiophene rings is 1. The molecule has 0 saturated heterocycles. The lowest BCUT2D eigenvalue weighted by molar-refractivity contribution is -0.384. The molecule has 0 aliphatic rings. The first kappa shape index (κ1) is 13.5. The van der Waals surface area contributed by atoms with Crippen LogP contribution in [0.15, 0.2) is 30.6 Å². The van der Waals surface area contributed by atoms with Gasteiger partial charge >= 0.3 is 0 Å². The number of imidazole rings is 1. The average Bonchev–Trinajstić information content (AvgIpc) is 3.01. The molecular formula is C12H7ClN4O3S. The van der Waals surface area contributed by atoms with Gasteiger partial charge in [-0.3, -0.25) is 19.5 Å². The Hall–Kier alpha value is -2.45. The van der Waals surface area contributed by atoms with Crippen molar-refractivity contribution in [3.05, 3.63) is 49.9 Å². The highest BCUT2D eigenvalue weighted by Gasteiger charge is 2.22. The van der Waals surface area contributed by atoms with E-state index in [4.69, 9.17) is 17.3 Å². The van der Waals surface area contributed by atoms with E-state index >= 15 is 0 Å². The molecule has 0 amide bonds. The van der Waals surface area contributed by atoms with Gasteiger partial charge in [0.15, 0.2) is 4.34 Å². The Labute approximate surface area is 126 Å². The van der Waals surface area contributed by atoms with Gasteiger partial charge in [0, 0.05) is 11.8 Å². The average molecular weight is 323 g/mol. The predicted molar refractivity (Wildman–Crippen MR) is 79.9 cm³/mol. The molecule has 3 aromatic rings. The second-order valence-corrected chi connectivity index (χ2v) is 5.85. The fraction of sp³-hybridized carbons (Fsp3) is 0. The molecule has 2 N–H and O–H groups in total. The van der Waals surface area contributed by atoms with Gasteiger partial charge in [-0.15, -0.1) is 11.3 Å². The second-order valence-electron chi connectivity index (χ2n) is 4.19. The number of nitrogens with two attached hydrogens (primary N) is 1. The van der Waals surface area contributed by atoms with Crippen LogP contribution in [0.4, 0.5) is 11.4 Å². The molecule has 9 heteroatoms. The summed E-state index contributed by atoms with van der Waals surface area (Å²) in [5.74, 6) is -0.428. The molecule has 0 atom stereocenters. The maximum absolute atomic E-state index is 12.4. The zero-order valence-corrected chi connectivity index (χ0v) is 11.9. The fourth-order valence-electron chi connectivity index (χ4n) is 1.90. The van der Waals surface area contributed by atoms with Crippen molar-refractivity contribution in [3.8, 4) is 0 Å². The van der Waals surface area contributed by atoms with Crippen molar-refractivity contribution < 1.29 is 9.72 Å². The normalized spacial score (nSPS) is 10.9. The third-order valence-corrected chi connectivity index (χ3v) is 4.19. The summed E-state index contributed by atoms with van der Waals surface area (Å²) in [5.41, 5.74) is 7.05. The Kier molecular flexibility index (Phi) is 3.11. The van der Waals surface area contributed by atoms with Gasteiger partial charge in [0.1, 0.15) is 11.2 Å². The van der Waals surface area contributed by atoms with Crippen LogP contribution >= 0.6 is 22.9 Å². The van der Waals surface area contributed by atoms with Gasteiger partial charge in [-0.2, -0.15) is 0 Å². The van der Waals surface area contributed by atoms with Gasteiger partial charge in [-0.1, -0.05) is 11.6 Å². The van der Waals surface area contributed by atoms with E-state index in [1.54, 1.807) is 18.2 Å². The van der Waals surface area contributed by atoms with Crippen LogP contribution in [0, 0.1) is 10.1 Å². The summed E-state index contributed by atoms with van der Waals surface area (Å²) in [7, 11) is 0. The van der Waals surface area contributed by atoms with E-state index in [2.05, 4.69) is 4.98 Å². The van der Waals surface area contributed by atoms with Crippen molar-refractivity contribution in [1.29, 1.82) is 0 Å². The van der Waals surface area contributed by atoms with Crippen LogP contribution in [0.25, 0.3) is 11.0 Å². The van der Waals surface area contributed by atoms with Gasteiger partial charge < -0.3 is 5.73 Å². The highest BCUT2D eigenvalue weighted by molar-refractivity contribution is 7.18. The van der Waals surface area contributed by atoms with Gasteiger partial charge in [0.2, 0.25) is 0 Å². The molecule has 0 fully saturated rings. The standard InChI is InChI=1S/C12H7ClN4O3S/c13-11-9(17(19)20)4-10(21-11)12(18)16-5-15-7-3-6(14)1-2-8(7)16/h1-5H,14H2. The predicted octanol–water partition coefficient (Wildman–Crippen LogP) is 2.93. The number of halogens is 1.